The van der Waals surface area contributed by atoms with Crippen LogP contribution >= 0.6 is 25.5 Å². The van der Waals surface area contributed by atoms with Crippen LogP contribution in [0.4, 0.5) is 0 Å². The molecule has 0 radical (unpaired) electrons. The van der Waals surface area contributed by atoms with Crippen LogP contribution in [0, 0.1) is 0 Å². The molecule has 0 aliphatic heterocycles. The Labute approximate surface area is 128 Å². The fourth-order valence-electron chi connectivity index (χ4n) is 1.89. The summed E-state index contributed by atoms with van der Waals surface area (Å²) in [4.78, 5) is 0. The third kappa shape index (κ3) is 3.24. The first-order valence-corrected chi connectivity index (χ1v) is 18.5. The number of aliphatic hydroxyl groups excluding tert-OH is 2. The van der Waals surface area contributed by atoms with Crippen molar-refractivity contribution in [1.82, 2.24) is 0 Å². The molecule has 2 N–H and O–H groups in total. The number of halogens is 2. The maximum absolute atomic E-state index is 9.49. The van der Waals surface area contributed by atoms with Crippen molar-refractivity contribution in [3.8, 4) is 0 Å². The van der Waals surface area contributed by atoms with Crippen molar-refractivity contribution in [1.29, 1.82) is 0 Å². The molecule has 0 fully saturated rings. The van der Waals surface area contributed by atoms with Gasteiger partial charge in [-0.25, -0.2) is 0 Å². The molecule has 5 heteroatoms. The van der Waals surface area contributed by atoms with Crippen LogP contribution in [0.2, 0.25) is 0 Å². The molecule has 102 valence electrons. The molecule has 0 saturated heterocycles. The monoisotopic (exact) mass is 502 g/mol. The summed E-state index contributed by atoms with van der Waals surface area (Å²) in [6.07, 6.45) is 0. The van der Waals surface area contributed by atoms with Gasteiger partial charge in [0.25, 0.3) is 0 Å². The number of hydrogen-bond acceptors (Lipinski definition) is 2. The summed E-state index contributed by atoms with van der Waals surface area (Å²) in [5, 5.41) is 19.0. The van der Waals surface area contributed by atoms with Gasteiger partial charge in [0.2, 0.25) is 0 Å². The van der Waals surface area contributed by atoms with Gasteiger partial charge in [0, 0.05) is 0 Å². The van der Waals surface area contributed by atoms with Gasteiger partial charge in [0.05, 0.1) is 0 Å². The van der Waals surface area contributed by atoms with E-state index in [-0.39, 0.29) is 13.2 Å². The summed E-state index contributed by atoms with van der Waals surface area (Å²) >= 11 is 4.84. The predicted octanol–water partition coefficient (Wildman–Crippen LogP) is 2.02. The minimum atomic E-state index is -2.89. The second kappa shape index (κ2) is 6.71. The Morgan fingerprint density at radius 3 is 1.47 bits per heavy atom. The van der Waals surface area contributed by atoms with Crippen LogP contribution in [0.15, 0.2) is 48.5 Å². The van der Waals surface area contributed by atoms with Gasteiger partial charge in [-0.3, -0.25) is 0 Å². The summed E-state index contributed by atoms with van der Waals surface area (Å²) in [5.41, 5.74) is 1.84. The van der Waals surface area contributed by atoms with E-state index in [4.69, 9.17) is 0 Å². The van der Waals surface area contributed by atoms with E-state index in [1.165, 1.54) is 0 Å². The summed E-state index contributed by atoms with van der Waals surface area (Å²) < 4.78 is 2.24. The Bertz CT molecular complexity index is 523. The van der Waals surface area contributed by atoms with Crippen LogP contribution in [0.1, 0.15) is 11.1 Å². The van der Waals surface area contributed by atoms with Crippen LogP contribution in [0.3, 0.4) is 0 Å². The van der Waals surface area contributed by atoms with E-state index in [0.29, 0.717) is 0 Å². The molecule has 19 heavy (non-hydrogen) atoms. The van der Waals surface area contributed by atoms with Crippen LogP contribution in [0.5, 0.6) is 0 Å². The molecule has 0 saturated carbocycles. The van der Waals surface area contributed by atoms with Gasteiger partial charge in [-0.1, -0.05) is 0 Å². The van der Waals surface area contributed by atoms with E-state index in [1.54, 1.807) is 0 Å². The van der Waals surface area contributed by atoms with E-state index in [2.05, 4.69) is 25.5 Å². The van der Waals surface area contributed by atoms with Crippen molar-refractivity contribution in [3.05, 3.63) is 59.7 Å². The Morgan fingerprint density at radius 1 is 0.737 bits per heavy atom. The topological polar surface area (TPSA) is 40.5 Å². The number of hydrogen-bond donors (Lipinski definition) is 2. The molecule has 2 rings (SSSR count). The molecule has 0 aromatic heterocycles. The summed E-state index contributed by atoms with van der Waals surface area (Å²) in [6, 6.07) is 15.7. The molecule has 2 nitrogen and oxygen atoms in total. The van der Waals surface area contributed by atoms with E-state index < -0.39 is 13.8 Å². The first-order valence-electron chi connectivity index (χ1n) is 5.71. The van der Waals surface area contributed by atoms with Crippen molar-refractivity contribution < 1.29 is 10.2 Å². The second-order valence-electron chi connectivity index (χ2n) is 4.00. The summed E-state index contributed by atoms with van der Waals surface area (Å²) in [6.45, 7) is 0.0323. The molecular formula is C14H14Br2O2Te. The predicted molar refractivity (Wildman–Crippen MR) is 87.6 cm³/mol. The van der Waals surface area contributed by atoms with Crippen molar-refractivity contribution >= 4 is 46.5 Å². The standard InChI is InChI=1S/C14H14Br2O2Te/c15-19(16,13-7-3-1-5-11(13)9-17)14-8-4-2-6-12(14)10-18/h1-8,17-18H,9-10H2. The molecule has 0 unspecified atom stereocenters. The molecule has 0 aliphatic carbocycles. The Hall–Kier alpha value is 0.110. The zero-order valence-electron chi connectivity index (χ0n) is 10.1. The van der Waals surface area contributed by atoms with Gasteiger partial charge < -0.3 is 0 Å². The normalized spacial score (nSPS) is 12.4. The molecule has 0 bridgehead atoms. The van der Waals surface area contributed by atoms with Crippen LogP contribution in [0.25, 0.3) is 0 Å². The minimum absolute atomic E-state index is 0.0162. The van der Waals surface area contributed by atoms with Crippen molar-refractivity contribution in [3.63, 3.8) is 0 Å². The number of rotatable bonds is 4. The van der Waals surface area contributed by atoms with Crippen LogP contribution in [-0.4, -0.2) is 24.0 Å². The third-order valence-electron chi connectivity index (χ3n) is 2.84. The molecule has 2 aromatic rings. The third-order valence-corrected chi connectivity index (χ3v) is 17.6. The quantitative estimate of drug-likeness (QED) is 0.630. The molecule has 0 aliphatic rings. The van der Waals surface area contributed by atoms with Gasteiger partial charge in [-0.05, 0) is 0 Å². The summed E-state index contributed by atoms with van der Waals surface area (Å²) in [7, 11) is 0. The van der Waals surface area contributed by atoms with Crippen molar-refractivity contribution in [2.75, 3.05) is 0 Å². The van der Waals surface area contributed by atoms with E-state index in [0.717, 1.165) is 18.3 Å². The molecular weight excluding hydrogens is 488 g/mol. The van der Waals surface area contributed by atoms with E-state index >= 15 is 0 Å². The van der Waals surface area contributed by atoms with Crippen LogP contribution < -0.4 is 7.22 Å². The fraction of sp³-hybridized carbons (Fsp3) is 0.143. The van der Waals surface area contributed by atoms with Crippen LogP contribution in [-0.2, 0) is 13.2 Å². The van der Waals surface area contributed by atoms with Crippen molar-refractivity contribution in [2.24, 2.45) is 0 Å². The fourth-order valence-corrected chi connectivity index (χ4v) is 15.1. The number of benzene rings is 2. The zero-order valence-corrected chi connectivity index (χ0v) is 15.6. The van der Waals surface area contributed by atoms with Gasteiger partial charge in [0.15, 0.2) is 0 Å². The molecule has 2 aromatic carbocycles. The molecule has 0 heterocycles. The molecule has 0 amide bonds. The van der Waals surface area contributed by atoms with E-state index in [1.807, 2.05) is 48.5 Å². The van der Waals surface area contributed by atoms with Gasteiger partial charge in [-0.15, -0.1) is 0 Å². The Kier molecular flexibility index (Phi) is 5.47. The maximum atomic E-state index is 9.49. The Morgan fingerprint density at radius 2 is 1.11 bits per heavy atom. The average molecular weight is 502 g/mol. The van der Waals surface area contributed by atoms with E-state index in [9.17, 15) is 10.2 Å². The first-order chi connectivity index (χ1) is 9.11. The second-order valence-corrected chi connectivity index (χ2v) is 28.0. The zero-order chi connectivity index (χ0) is 13.9. The first kappa shape index (κ1) is 15.5. The molecule has 0 atom stereocenters. The number of aliphatic hydroxyl groups is 2. The molecule has 0 spiro atoms. The average Bonchev–Trinajstić information content (AvgIpc) is 2.47. The van der Waals surface area contributed by atoms with Gasteiger partial charge >= 0.3 is 130 Å². The summed E-state index contributed by atoms with van der Waals surface area (Å²) in [5.74, 6) is 0. The van der Waals surface area contributed by atoms with Crippen molar-refractivity contribution in [2.45, 2.75) is 13.2 Å². The van der Waals surface area contributed by atoms with Gasteiger partial charge in [0.1, 0.15) is 0 Å². The Balaban J connectivity index is 2.58. The van der Waals surface area contributed by atoms with Gasteiger partial charge in [-0.2, -0.15) is 0 Å². The SMILES string of the molecule is OCc1ccccc1[Te](Br)(Br)c1ccccc1CO.